The largest absolute Gasteiger partial charge is 0.493 e. The fourth-order valence-electron chi connectivity index (χ4n) is 2.71. The average molecular weight is 277 g/mol. The Morgan fingerprint density at radius 3 is 2.55 bits per heavy atom. The molecule has 0 radical (unpaired) electrons. The number of benzene rings is 1. The van der Waals surface area contributed by atoms with Gasteiger partial charge in [-0.1, -0.05) is 13.8 Å². The predicted octanol–water partition coefficient (Wildman–Crippen LogP) is 2.85. The molecule has 0 bridgehead atoms. The van der Waals surface area contributed by atoms with Crippen LogP contribution in [0.1, 0.15) is 43.9 Å². The second-order valence-electron chi connectivity index (χ2n) is 5.66. The van der Waals surface area contributed by atoms with Crippen LogP contribution in [0.25, 0.3) is 0 Å². The average Bonchev–Trinajstić information content (AvgIpc) is 2.78. The molecule has 110 valence electrons. The van der Waals surface area contributed by atoms with Crippen LogP contribution in [-0.4, -0.2) is 20.1 Å². The molecule has 0 spiro atoms. The molecule has 0 fully saturated rings. The first kappa shape index (κ1) is 14.7. The number of hydrogen-bond donors (Lipinski definition) is 1. The third-order valence-corrected chi connectivity index (χ3v) is 3.65. The van der Waals surface area contributed by atoms with Gasteiger partial charge in [0, 0.05) is 6.42 Å². The molecule has 4 heteroatoms. The fraction of sp³-hybridized carbons (Fsp3) is 0.562. The summed E-state index contributed by atoms with van der Waals surface area (Å²) in [5.74, 6) is 1.96. The Kier molecular flexibility index (Phi) is 4.53. The molecule has 0 saturated heterocycles. The summed E-state index contributed by atoms with van der Waals surface area (Å²) in [4.78, 5) is 11.9. The summed E-state index contributed by atoms with van der Waals surface area (Å²) in [5, 5.41) is 3.12. The third kappa shape index (κ3) is 3.06. The minimum Gasteiger partial charge on any atom is -0.493 e. The minimum absolute atomic E-state index is 0.0936. The van der Waals surface area contributed by atoms with Gasteiger partial charge in [0.1, 0.15) is 0 Å². The van der Waals surface area contributed by atoms with Gasteiger partial charge in [-0.15, -0.1) is 0 Å². The number of fused-ring (bicyclic) bond motifs is 1. The lowest BCUT2D eigenvalue weighted by molar-refractivity contribution is -0.122. The number of carbonyl (C=O) groups is 1. The molecule has 0 saturated carbocycles. The summed E-state index contributed by atoms with van der Waals surface area (Å²) in [6.07, 6.45) is 2.47. The first-order chi connectivity index (χ1) is 9.55. The lowest BCUT2D eigenvalue weighted by atomic mass is 10.1. The van der Waals surface area contributed by atoms with Gasteiger partial charge in [-0.2, -0.15) is 0 Å². The van der Waals surface area contributed by atoms with Crippen molar-refractivity contribution in [1.29, 1.82) is 0 Å². The summed E-state index contributed by atoms with van der Waals surface area (Å²) in [5.41, 5.74) is 2.39. The van der Waals surface area contributed by atoms with Crippen LogP contribution in [0.3, 0.4) is 0 Å². The molecule has 1 atom stereocenters. The summed E-state index contributed by atoms with van der Waals surface area (Å²) in [6.45, 7) is 4.10. The highest BCUT2D eigenvalue weighted by Gasteiger charge is 2.26. The van der Waals surface area contributed by atoms with Crippen molar-refractivity contribution in [2.45, 2.75) is 39.2 Å². The van der Waals surface area contributed by atoms with E-state index in [0.29, 0.717) is 12.3 Å². The lowest BCUT2D eigenvalue weighted by Crippen LogP contribution is -2.28. The second-order valence-corrected chi connectivity index (χ2v) is 5.66. The number of hydrogen-bond acceptors (Lipinski definition) is 3. The number of ether oxygens (including phenoxy) is 2. The molecule has 1 aromatic rings. The van der Waals surface area contributed by atoms with Gasteiger partial charge in [0.15, 0.2) is 11.5 Å². The van der Waals surface area contributed by atoms with Crippen molar-refractivity contribution in [3.8, 4) is 11.5 Å². The Balaban J connectivity index is 2.17. The summed E-state index contributed by atoms with van der Waals surface area (Å²) in [7, 11) is 3.27. The summed E-state index contributed by atoms with van der Waals surface area (Å²) in [6, 6.07) is 4.10. The molecule has 1 aliphatic rings. The molecule has 20 heavy (non-hydrogen) atoms. The molecule has 0 heterocycles. The van der Waals surface area contributed by atoms with Crippen molar-refractivity contribution in [3.05, 3.63) is 23.3 Å². The van der Waals surface area contributed by atoms with Crippen LogP contribution in [0.15, 0.2) is 12.1 Å². The predicted molar refractivity (Wildman–Crippen MR) is 78.2 cm³/mol. The van der Waals surface area contributed by atoms with E-state index in [0.717, 1.165) is 29.9 Å². The topological polar surface area (TPSA) is 47.6 Å². The zero-order chi connectivity index (χ0) is 14.7. The molecule has 0 aliphatic heterocycles. The normalized spacial score (nSPS) is 16.9. The zero-order valence-electron chi connectivity index (χ0n) is 12.7. The molecular formula is C16H23NO3. The van der Waals surface area contributed by atoms with E-state index in [9.17, 15) is 4.79 Å². The van der Waals surface area contributed by atoms with Gasteiger partial charge in [-0.3, -0.25) is 4.79 Å². The van der Waals surface area contributed by atoms with E-state index in [2.05, 4.69) is 19.2 Å². The van der Waals surface area contributed by atoms with Crippen LogP contribution in [0, 0.1) is 5.92 Å². The number of aryl methyl sites for hydroxylation is 1. The summed E-state index contributed by atoms with van der Waals surface area (Å²) < 4.78 is 10.7. The molecule has 1 aromatic carbocycles. The highest BCUT2D eigenvalue weighted by atomic mass is 16.5. The van der Waals surface area contributed by atoms with Crippen LogP contribution >= 0.6 is 0 Å². The maximum Gasteiger partial charge on any atom is 0.220 e. The molecule has 1 unspecified atom stereocenters. The monoisotopic (exact) mass is 277 g/mol. The highest BCUT2D eigenvalue weighted by molar-refractivity contribution is 5.77. The first-order valence-corrected chi connectivity index (χ1v) is 7.09. The Labute approximate surface area is 120 Å². The van der Waals surface area contributed by atoms with E-state index < -0.39 is 0 Å². The van der Waals surface area contributed by atoms with Gasteiger partial charge in [0.05, 0.1) is 20.3 Å². The number of carbonyl (C=O) groups excluding carboxylic acids is 1. The fourth-order valence-corrected chi connectivity index (χ4v) is 2.71. The van der Waals surface area contributed by atoms with Crippen LogP contribution in [0.2, 0.25) is 0 Å². The van der Waals surface area contributed by atoms with Gasteiger partial charge in [0.2, 0.25) is 5.91 Å². The molecular weight excluding hydrogens is 254 g/mol. The molecule has 1 amide bonds. The smallest absolute Gasteiger partial charge is 0.220 e. The number of methoxy groups -OCH3 is 2. The van der Waals surface area contributed by atoms with Gasteiger partial charge < -0.3 is 14.8 Å². The van der Waals surface area contributed by atoms with Crippen molar-refractivity contribution >= 4 is 5.91 Å². The van der Waals surface area contributed by atoms with Crippen LogP contribution in [-0.2, 0) is 11.2 Å². The lowest BCUT2D eigenvalue weighted by Gasteiger charge is -2.17. The molecule has 4 nitrogen and oxygen atoms in total. The highest BCUT2D eigenvalue weighted by Crippen LogP contribution is 2.39. The quantitative estimate of drug-likeness (QED) is 0.900. The summed E-state index contributed by atoms with van der Waals surface area (Å²) >= 11 is 0. The van der Waals surface area contributed by atoms with Gasteiger partial charge in [-0.05, 0) is 42.0 Å². The molecule has 0 aromatic heterocycles. The Morgan fingerprint density at radius 2 is 1.95 bits per heavy atom. The van der Waals surface area contributed by atoms with E-state index in [-0.39, 0.29) is 11.9 Å². The maximum absolute atomic E-state index is 11.9. The van der Waals surface area contributed by atoms with E-state index in [1.165, 1.54) is 5.56 Å². The van der Waals surface area contributed by atoms with E-state index in [1.54, 1.807) is 14.2 Å². The standard InChI is InChI=1S/C16H23NO3/c1-10(2)7-16(18)17-13-6-5-11-8-14(19-3)15(20-4)9-12(11)13/h8-10,13H,5-7H2,1-4H3,(H,17,18). The first-order valence-electron chi connectivity index (χ1n) is 7.09. The molecule has 1 aliphatic carbocycles. The zero-order valence-corrected chi connectivity index (χ0v) is 12.7. The van der Waals surface area contributed by atoms with E-state index in [4.69, 9.17) is 9.47 Å². The minimum atomic E-state index is 0.0936. The second kappa shape index (κ2) is 6.16. The van der Waals surface area contributed by atoms with E-state index in [1.807, 2.05) is 12.1 Å². The van der Waals surface area contributed by atoms with Crippen molar-refractivity contribution < 1.29 is 14.3 Å². The maximum atomic E-state index is 11.9. The molecule has 1 N–H and O–H groups in total. The van der Waals surface area contributed by atoms with Crippen molar-refractivity contribution in [2.75, 3.05) is 14.2 Å². The van der Waals surface area contributed by atoms with Gasteiger partial charge in [-0.25, -0.2) is 0 Å². The van der Waals surface area contributed by atoms with Gasteiger partial charge in [0.25, 0.3) is 0 Å². The van der Waals surface area contributed by atoms with Crippen molar-refractivity contribution in [1.82, 2.24) is 5.32 Å². The molecule has 2 rings (SSSR count). The number of amides is 1. The SMILES string of the molecule is COc1cc2c(cc1OC)C(NC(=O)CC(C)C)CC2. The van der Waals surface area contributed by atoms with Crippen LogP contribution in [0.4, 0.5) is 0 Å². The Morgan fingerprint density at radius 1 is 1.30 bits per heavy atom. The van der Waals surface area contributed by atoms with Crippen LogP contribution < -0.4 is 14.8 Å². The van der Waals surface area contributed by atoms with E-state index >= 15 is 0 Å². The van der Waals surface area contributed by atoms with Crippen molar-refractivity contribution in [3.63, 3.8) is 0 Å². The van der Waals surface area contributed by atoms with Gasteiger partial charge >= 0.3 is 0 Å². The number of rotatable bonds is 5. The van der Waals surface area contributed by atoms with Crippen LogP contribution in [0.5, 0.6) is 11.5 Å². The Bertz CT molecular complexity index is 497. The third-order valence-electron chi connectivity index (χ3n) is 3.65. The van der Waals surface area contributed by atoms with Crippen molar-refractivity contribution in [2.24, 2.45) is 5.92 Å². The Hall–Kier alpha value is -1.71. The number of nitrogens with one attached hydrogen (secondary N) is 1.